The van der Waals surface area contributed by atoms with E-state index >= 15 is 0 Å². The maximum Gasteiger partial charge on any atom is 0.194 e. The van der Waals surface area contributed by atoms with Crippen LogP contribution < -0.4 is 11.1 Å². The molecule has 0 saturated carbocycles. The van der Waals surface area contributed by atoms with Crippen molar-refractivity contribution in [2.75, 3.05) is 11.1 Å². The van der Waals surface area contributed by atoms with Gasteiger partial charge in [0.05, 0.1) is 11.4 Å². The Balaban J connectivity index is 2.42. The molecule has 0 amide bonds. The number of halogens is 5. The summed E-state index contributed by atoms with van der Waals surface area (Å²) in [7, 11) is 0. The lowest BCUT2D eigenvalue weighted by Crippen LogP contribution is -2.02. The molecule has 2 rings (SSSR count). The topological polar surface area (TPSA) is 38.0 Å². The van der Waals surface area contributed by atoms with E-state index in [2.05, 4.69) is 5.32 Å². The largest absolute Gasteiger partial charge is 0.395 e. The molecule has 0 bridgehead atoms. The Bertz CT molecular complexity index is 619. The van der Waals surface area contributed by atoms with E-state index in [1.165, 1.54) is 0 Å². The van der Waals surface area contributed by atoms with Crippen LogP contribution in [-0.4, -0.2) is 0 Å². The minimum absolute atomic E-state index is 0.220. The van der Waals surface area contributed by atoms with Crippen molar-refractivity contribution in [3.8, 4) is 0 Å². The molecule has 7 heteroatoms. The standard InChI is InChI=1S/C12H7F5N2/c13-5-1-9(16)12(18)10(2-5)19-6-3-7(14)11(17)8(15)4-6/h1-4,19H,18H2. The fourth-order valence-corrected chi connectivity index (χ4v) is 1.47. The summed E-state index contributed by atoms with van der Waals surface area (Å²) in [5, 5.41) is 2.31. The van der Waals surface area contributed by atoms with Crippen molar-refractivity contribution >= 4 is 17.1 Å². The van der Waals surface area contributed by atoms with Crippen LogP contribution in [0.4, 0.5) is 39.0 Å². The van der Waals surface area contributed by atoms with Gasteiger partial charge in [-0.3, -0.25) is 0 Å². The van der Waals surface area contributed by atoms with Gasteiger partial charge in [0, 0.05) is 23.9 Å². The predicted molar refractivity (Wildman–Crippen MR) is 60.4 cm³/mol. The van der Waals surface area contributed by atoms with Crippen molar-refractivity contribution in [3.05, 3.63) is 53.4 Å². The summed E-state index contributed by atoms with van der Waals surface area (Å²) in [6, 6.07) is 2.69. The van der Waals surface area contributed by atoms with Gasteiger partial charge in [0.1, 0.15) is 5.82 Å². The zero-order valence-corrected chi connectivity index (χ0v) is 9.28. The first-order chi connectivity index (χ1) is 8.88. The third-order valence-electron chi connectivity index (χ3n) is 2.36. The van der Waals surface area contributed by atoms with E-state index < -0.39 is 34.8 Å². The second kappa shape index (κ2) is 4.75. The molecule has 2 aromatic carbocycles. The quantitative estimate of drug-likeness (QED) is 0.497. The molecule has 0 spiro atoms. The van der Waals surface area contributed by atoms with E-state index in [0.29, 0.717) is 18.2 Å². The molecule has 0 heterocycles. The van der Waals surface area contributed by atoms with Crippen molar-refractivity contribution in [1.29, 1.82) is 0 Å². The van der Waals surface area contributed by atoms with E-state index in [0.717, 1.165) is 6.07 Å². The summed E-state index contributed by atoms with van der Waals surface area (Å²) in [5.74, 6) is -6.44. The molecule has 0 saturated heterocycles. The molecular weight excluding hydrogens is 267 g/mol. The number of nitrogens with one attached hydrogen (secondary N) is 1. The van der Waals surface area contributed by atoms with Crippen molar-refractivity contribution in [3.63, 3.8) is 0 Å². The van der Waals surface area contributed by atoms with Crippen molar-refractivity contribution in [1.82, 2.24) is 0 Å². The van der Waals surface area contributed by atoms with Crippen LogP contribution in [0, 0.1) is 29.1 Å². The summed E-state index contributed by atoms with van der Waals surface area (Å²) in [5.41, 5.74) is 4.47. The highest BCUT2D eigenvalue weighted by Gasteiger charge is 2.13. The Kier molecular flexibility index (Phi) is 3.28. The van der Waals surface area contributed by atoms with E-state index in [4.69, 9.17) is 5.73 Å². The summed E-state index contributed by atoms with van der Waals surface area (Å²) in [6.07, 6.45) is 0. The van der Waals surface area contributed by atoms with Gasteiger partial charge in [0.15, 0.2) is 23.3 Å². The number of hydrogen-bond acceptors (Lipinski definition) is 2. The maximum absolute atomic E-state index is 13.2. The third-order valence-corrected chi connectivity index (χ3v) is 2.36. The van der Waals surface area contributed by atoms with Gasteiger partial charge in [0.2, 0.25) is 0 Å². The fraction of sp³-hybridized carbons (Fsp3) is 0. The van der Waals surface area contributed by atoms with Gasteiger partial charge in [-0.2, -0.15) is 0 Å². The Morgan fingerprint density at radius 1 is 0.789 bits per heavy atom. The van der Waals surface area contributed by atoms with E-state index in [-0.39, 0.29) is 11.4 Å². The van der Waals surface area contributed by atoms with Crippen LogP contribution in [0.15, 0.2) is 24.3 Å². The van der Waals surface area contributed by atoms with Crippen LogP contribution in [0.3, 0.4) is 0 Å². The molecule has 2 aromatic rings. The normalized spacial score (nSPS) is 10.6. The molecule has 0 aliphatic heterocycles. The zero-order chi connectivity index (χ0) is 14.2. The number of nitrogen functional groups attached to an aromatic ring is 1. The summed E-state index contributed by atoms with van der Waals surface area (Å²) < 4.78 is 64.8. The molecule has 0 aliphatic rings. The van der Waals surface area contributed by atoms with Gasteiger partial charge in [-0.1, -0.05) is 0 Å². The second-order valence-corrected chi connectivity index (χ2v) is 3.73. The first kappa shape index (κ1) is 13.1. The van der Waals surface area contributed by atoms with E-state index in [1.54, 1.807) is 0 Å². The van der Waals surface area contributed by atoms with Gasteiger partial charge < -0.3 is 11.1 Å². The smallest absolute Gasteiger partial charge is 0.194 e. The molecular formula is C12H7F5N2. The van der Waals surface area contributed by atoms with Crippen molar-refractivity contribution < 1.29 is 22.0 Å². The minimum Gasteiger partial charge on any atom is -0.395 e. The first-order valence-corrected chi connectivity index (χ1v) is 5.04. The lowest BCUT2D eigenvalue weighted by molar-refractivity contribution is 0.448. The number of rotatable bonds is 2. The SMILES string of the molecule is Nc1c(F)cc(F)cc1Nc1cc(F)c(F)c(F)c1. The highest BCUT2D eigenvalue weighted by atomic mass is 19.2. The Morgan fingerprint density at radius 2 is 1.37 bits per heavy atom. The van der Waals surface area contributed by atoms with Crippen molar-refractivity contribution in [2.24, 2.45) is 0 Å². The molecule has 3 N–H and O–H groups in total. The maximum atomic E-state index is 13.2. The van der Waals surface area contributed by atoms with Crippen LogP contribution in [-0.2, 0) is 0 Å². The van der Waals surface area contributed by atoms with Crippen LogP contribution in [0.25, 0.3) is 0 Å². The number of benzene rings is 2. The van der Waals surface area contributed by atoms with Gasteiger partial charge in [-0.05, 0) is 6.07 Å². The van der Waals surface area contributed by atoms with Crippen LogP contribution in [0.1, 0.15) is 0 Å². The van der Waals surface area contributed by atoms with E-state index in [1.807, 2.05) is 0 Å². The van der Waals surface area contributed by atoms with Gasteiger partial charge >= 0.3 is 0 Å². The average molecular weight is 274 g/mol. The molecule has 0 aromatic heterocycles. The molecule has 2 nitrogen and oxygen atoms in total. The monoisotopic (exact) mass is 274 g/mol. The number of hydrogen-bond donors (Lipinski definition) is 2. The van der Waals surface area contributed by atoms with Gasteiger partial charge in [0.25, 0.3) is 0 Å². The third kappa shape index (κ3) is 2.59. The zero-order valence-electron chi connectivity index (χ0n) is 9.28. The summed E-state index contributed by atoms with van der Waals surface area (Å²) in [6.45, 7) is 0. The highest BCUT2D eigenvalue weighted by Crippen LogP contribution is 2.28. The molecule has 0 aliphatic carbocycles. The predicted octanol–water partition coefficient (Wildman–Crippen LogP) is 3.71. The van der Waals surface area contributed by atoms with Crippen LogP contribution in [0.5, 0.6) is 0 Å². The highest BCUT2D eigenvalue weighted by molar-refractivity contribution is 5.73. The average Bonchev–Trinajstić information content (AvgIpc) is 2.32. The van der Waals surface area contributed by atoms with Crippen LogP contribution >= 0.6 is 0 Å². The molecule has 100 valence electrons. The van der Waals surface area contributed by atoms with Crippen LogP contribution in [0.2, 0.25) is 0 Å². The summed E-state index contributed by atoms with van der Waals surface area (Å²) in [4.78, 5) is 0. The molecule has 0 atom stereocenters. The lowest BCUT2D eigenvalue weighted by atomic mass is 10.2. The molecule has 0 fully saturated rings. The molecule has 0 unspecified atom stereocenters. The van der Waals surface area contributed by atoms with Crippen molar-refractivity contribution in [2.45, 2.75) is 0 Å². The Hall–Kier alpha value is -2.31. The first-order valence-electron chi connectivity index (χ1n) is 5.04. The Labute approximate surface area is 104 Å². The lowest BCUT2D eigenvalue weighted by Gasteiger charge is -2.10. The molecule has 0 radical (unpaired) electrons. The Morgan fingerprint density at radius 3 is 1.95 bits per heavy atom. The van der Waals surface area contributed by atoms with Gasteiger partial charge in [-0.25, -0.2) is 22.0 Å². The minimum atomic E-state index is -1.64. The second-order valence-electron chi connectivity index (χ2n) is 3.73. The summed E-state index contributed by atoms with van der Waals surface area (Å²) >= 11 is 0. The fourth-order valence-electron chi connectivity index (χ4n) is 1.47. The number of anilines is 3. The number of nitrogens with two attached hydrogens (primary N) is 1. The van der Waals surface area contributed by atoms with Gasteiger partial charge in [-0.15, -0.1) is 0 Å². The molecule has 19 heavy (non-hydrogen) atoms. The van der Waals surface area contributed by atoms with E-state index in [9.17, 15) is 22.0 Å².